The second kappa shape index (κ2) is 8.14. The van der Waals surface area contributed by atoms with E-state index in [0.29, 0.717) is 17.1 Å². The van der Waals surface area contributed by atoms with E-state index in [4.69, 9.17) is 11.6 Å². The Hall–Kier alpha value is -1.99. The molecule has 1 aliphatic carbocycles. The quantitative estimate of drug-likeness (QED) is 0.702. The van der Waals surface area contributed by atoms with Gasteiger partial charge in [0, 0.05) is 15.6 Å². The van der Waals surface area contributed by atoms with E-state index < -0.39 is 18.2 Å². The lowest BCUT2D eigenvalue weighted by Crippen LogP contribution is -2.22. The predicted molar refractivity (Wildman–Crippen MR) is 99.6 cm³/mol. The molecule has 2 aromatic rings. The maximum atomic E-state index is 12.8. The monoisotopic (exact) mass is 398 g/mol. The van der Waals surface area contributed by atoms with Crippen molar-refractivity contribution in [1.82, 2.24) is 0 Å². The predicted octanol–water partition coefficient (Wildman–Crippen LogP) is 5.13. The number of carbonyl (C=O) groups is 2. The second-order valence-electron chi connectivity index (χ2n) is 6.02. The summed E-state index contributed by atoms with van der Waals surface area (Å²) in [6.45, 7) is 0. The van der Waals surface area contributed by atoms with Crippen LogP contribution >= 0.6 is 22.9 Å². The number of fused-ring (bicyclic) bond motifs is 1. The van der Waals surface area contributed by atoms with Gasteiger partial charge in [0.15, 0.2) is 0 Å². The summed E-state index contributed by atoms with van der Waals surface area (Å²) in [6, 6.07) is 6.60. The fourth-order valence-corrected chi connectivity index (χ4v) is 4.38. The summed E-state index contributed by atoms with van der Waals surface area (Å²) >= 11 is 7.06. The minimum atomic E-state index is -3.14. The highest BCUT2D eigenvalue weighted by atomic mass is 35.5. The molecule has 2 N–H and O–H groups in total. The number of carbonyl (C=O) groups excluding carboxylic acids is 2. The average Bonchev–Trinajstić information content (AvgIpc) is 2.78. The number of amides is 2. The van der Waals surface area contributed by atoms with Gasteiger partial charge >= 0.3 is 6.43 Å². The molecule has 0 saturated heterocycles. The number of nitrogens with one attached hydrogen (secondary N) is 2. The molecular weight excluding hydrogens is 382 g/mol. The lowest BCUT2D eigenvalue weighted by molar-refractivity contribution is -0.126. The van der Waals surface area contributed by atoms with Gasteiger partial charge in [0.25, 0.3) is 11.8 Å². The van der Waals surface area contributed by atoms with Crippen LogP contribution in [0.4, 0.5) is 19.5 Å². The third-order valence-electron chi connectivity index (χ3n) is 4.19. The summed E-state index contributed by atoms with van der Waals surface area (Å²) in [6.07, 6.45) is 1.30. The van der Waals surface area contributed by atoms with E-state index in [1.54, 1.807) is 24.3 Å². The fraction of sp³-hybridized carbons (Fsp3) is 0.333. The maximum absolute atomic E-state index is 12.8. The molecule has 0 bridgehead atoms. The smallest absolute Gasteiger partial charge is 0.315 e. The van der Waals surface area contributed by atoms with E-state index in [1.165, 1.54) is 11.3 Å². The third kappa shape index (κ3) is 4.22. The first-order valence-electron chi connectivity index (χ1n) is 8.26. The van der Waals surface area contributed by atoms with Crippen LogP contribution in [0.1, 0.15) is 40.1 Å². The van der Waals surface area contributed by atoms with Crippen LogP contribution in [0.15, 0.2) is 24.3 Å². The van der Waals surface area contributed by atoms with E-state index >= 15 is 0 Å². The molecule has 2 amide bonds. The van der Waals surface area contributed by atoms with Gasteiger partial charge in [0.05, 0.1) is 5.56 Å². The Morgan fingerprint density at radius 2 is 1.73 bits per heavy atom. The van der Waals surface area contributed by atoms with Crippen molar-refractivity contribution in [3.8, 4) is 0 Å². The first-order valence-corrected chi connectivity index (χ1v) is 9.45. The van der Waals surface area contributed by atoms with Crippen molar-refractivity contribution in [3.63, 3.8) is 0 Å². The molecule has 26 heavy (non-hydrogen) atoms. The Bertz CT molecular complexity index is 821. The van der Waals surface area contributed by atoms with Crippen molar-refractivity contribution in [2.45, 2.75) is 38.5 Å². The Morgan fingerprint density at radius 3 is 2.42 bits per heavy atom. The molecule has 0 radical (unpaired) electrons. The fourth-order valence-electron chi connectivity index (χ4n) is 2.96. The largest absolute Gasteiger partial charge is 0.322 e. The highest BCUT2D eigenvalue weighted by molar-refractivity contribution is 7.17. The van der Waals surface area contributed by atoms with Crippen LogP contribution in [0, 0.1) is 0 Å². The van der Waals surface area contributed by atoms with Crippen molar-refractivity contribution in [2.24, 2.45) is 0 Å². The molecule has 0 aliphatic heterocycles. The van der Waals surface area contributed by atoms with Crippen molar-refractivity contribution >= 4 is 45.4 Å². The zero-order valence-electron chi connectivity index (χ0n) is 13.8. The number of halogens is 3. The normalized spacial score (nSPS) is 13.8. The second-order valence-corrected chi connectivity index (χ2v) is 7.56. The van der Waals surface area contributed by atoms with E-state index in [1.807, 2.05) is 0 Å². The van der Waals surface area contributed by atoms with E-state index in [0.717, 1.165) is 36.1 Å². The standard InChI is InChI=1S/C18H17ClF2N2O2S/c19-10-6-8-11(9-7-10)22-16(24)14-12-4-2-1-3-5-13(12)26-18(14)23-17(25)15(20)21/h6-9,15H,1-5H2,(H,22,24)(H,23,25). The van der Waals surface area contributed by atoms with Gasteiger partial charge in [-0.3, -0.25) is 9.59 Å². The van der Waals surface area contributed by atoms with Crippen molar-refractivity contribution in [1.29, 1.82) is 0 Å². The highest BCUT2D eigenvalue weighted by Gasteiger charge is 2.27. The number of rotatable bonds is 4. The SMILES string of the molecule is O=C(Nc1ccc(Cl)cc1)c1c(NC(=O)C(F)F)sc2c1CCCCC2. The molecule has 0 saturated carbocycles. The number of anilines is 2. The molecule has 8 heteroatoms. The molecule has 0 atom stereocenters. The molecule has 138 valence electrons. The maximum Gasteiger partial charge on any atom is 0.315 e. The average molecular weight is 399 g/mol. The lowest BCUT2D eigenvalue weighted by Gasteiger charge is -2.10. The van der Waals surface area contributed by atoms with Crippen molar-refractivity contribution in [2.75, 3.05) is 10.6 Å². The summed E-state index contributed by atoms with van der Waals surface area (Å²) in [5, 5.41) is 5.69. The molecule has 0 fully saturated rings. The summed E-state index contributed by atoms with van der Waals surface area (Å²) in [7, 11) is 0. The Labute approximate surface area is 158 Å². The van der Waals surface area contributed by atoms with Gasteiger partial charge in [-0.2, -0.15) is 8.78 Å². The minimum absolute atomic E-state index is 0.189. The van der Waals surface area contributed by atoms with Crippen molar-refractivity contribution in [3.05, 3.63) is 45.3 Å². The first-order chi connectivity index (χ1) is 12.5. The molecular formula is C18H17ClF2N2O2S. The van der Waals surface area contributed by atoms with Gasteiger partial charge in [0.2, 0.25) is 0 Å². The van der Waals surface area contributed by atoms with Crippen LogP contribution in [0.25, 0.3) is 0 Å². The Kier molecular flexibility index (Phi) is 5.88. The van der Waals surface area contributed by atoms with Crippen LogP contribution < -0.4 is 10.6 Å². The van der Waals surface area contributed by atoms with Gasteiger partial charge in [-0.05, 0) is 55.5 Å². The molecule has 0 spiro atoms. The van der Waals surface area contributed by atoms with E-state index in [-0.39, 0.29) is 10.6 Å². The summed E-state index contributed by atoms with van der Waals surface area (Å²) in [4.78, 5) is 25.3. The number of hydrogen-bond acceptors (Lipinski definition) is 3. The molecule has 1 aromatic heterocycles. The molecule has 0 unspecified atom stereocenters. The topological polar surface area (TPSA) is 58.2 Å². The van der Waals surface area contributed by atoms with Gasteiger partial charge in [-0.15, -0.1) is 11.3 Å². The van der Waals surface area contributed by atoms with Crippen LogP contribution in [-0.2, 0) is 17.6 Å². The van der Waals surface area contributed by atoms with Crippen LogP contribution in [0.2, 0.25) is 5.02 Å². The number of hydrogen-bond donors (Lipinski definition) is 2. The highest BCUT2D eigenvalue weighted by Crippen LogP contribution is 2.38. The third-order valence-corrected chi connectivity index (χ3v) is 5.64. The van der Waals surface area contributed by atoms with E-state index in [9.17, 15) is 18.4 Å². The first kappa shape index (κ1) is 18.8. The molecule has 4 nitrogen and oxygen atoms in total. The molecule has 1 aromatic carbocycles. The zero-order chi connectivity index (χ0) is 18.7. The zero-order valence-corrected chi connectivity index (χ0v) is 15.4. The van der Waals surface area contributed by atoms with Gasteiger partial charge in [0.1, 0.15) is 5.00 Å². The molecule has 1 heterocycles. The van der Waals surface area contributed by atoms with Gasteiger partial charge in [-0.25, -0.2) is 0 Å². The Balaban J connectivity index is 1.94. The van der Waals surface area contributed by atoms with Crippen LogP contribution in [0.3, 0.4) is 0 Å². The number of thiophene rings is 1. The summed E-state index contributed by atoms with van der Waals surface area (Å²) < 4.78 is 25.3. The van der Waals surface area contributed by atoms with Gasteiger partial charge in [-0.1, -0.05) is 18.0 Å². The molecule has 3 rings (SSSR count). The number of aryl methyl sites for hydroxylation is 1. The van der Waals surface area contributed by atoms with Gasteiger partial charge < -0.3 is 10.6 Å². The van der Waals surface area contributed by atoms with Crippen molar-refractivity contribution < 1.29 is 18.4 Å². The lowest BCUT2D eigenvalue weighted by atomic mass is 10.0. The van der Waals surface area contributed by atoms with E-state index in [2.05, 4.69) is 10.6 Å². The summed E-state index contributed by atoms with van der Waals surface area (Å²) in [5.74, 6) is -1.82. The van der Waals surface area contributed by atoms with Crippen LogP contribution in [-0.4, -0.2) is 18.2 Å². The molecule has 1 aliphatic rings. The summed E-state index contributed by atoms with van der Waals surface area (Å²) in [5.41, 5.74) is 1.68. The Morgan fingerprint density at radius 1 is 1.04 bits per heavy atom. The number of benzene rings is 1. The minimum Gasteiger partial charge on any atom is -0.322 e. The van der Waals surface area contributed by atoms with Crippen LogP contribution in [0.5, 0.6) is 0 Å². The number of alkyl halides is 2.